The molecule has 0 atom stereocenters. The molecule has 0 aromatic heterocycles. The summed E-state index contributed by atoms with van der Waals surface area (Å²) in [5.74, 6) is -9.52. The summed E-state index contributed by atoms with van der Waals surface area (Å²) in [6.45, 7) is 0.816. The van der Waals surface area contributed by atoms with Crippen molar-refractivity contribution in [3.8, 4) is 0 Å². The van der Waals surface area contributed by atoms with Crippen molar-refractivity contribution in [2.24, 2.45) is 0 Å². The van der Waals surface area contributed by atoms with Crippen LogP contribution in [0.3, 0.4) is 0 Å². The molecule has 0 aliphatic heterocycles. The Hall–Kier alpha value is -1.19. The van der Waals surface area contributed by atoms with Crippen molar-refractivity contribution < 1.29 is 37.0 Å². The Morgan fingerprint density at radius 3 is 1.12 bits per heavy atom. The van der Waals surface area contributed by atoms with E-state index in [0.29, 0.717) is 0 Å². The van der Waals surface area contributed by atoms with Crippen molar-refractivity contribution >= 4 is 7.32 Å². The molecule has 1 rings (SSSR count). The van der Waals surface area contributed by atoms with Gasteiger partial charge in [0.1, 0.15) is 0 Å². The predicted octanol–water partition coefficient (Wildman–Crippen LogP) is 0.639. The molecule has 0 amide bonds. The Balaban J connectivity index is 0.000000487. The van der Waals surface area contributed by atoms with Gasteiger partial charge in [-0.15, -0.1) is 0 Å². The summed E-state index contributed by atoms with van der Waals surface area (Å²) in [4.78, 5) is 0. The van der Waals surface area contributed by atoms with E-state index in [-0.39, 0.29) is 0 Å². The molecular formula is C7H6BF5O3. The largest absolute Gasteiger partial charge is 0.631 e. The van der Waals surface area contributed by atoms with Crippen LogP contribution >= 0.6 is 0 Å². The van der Waals surface area contributed by atoms with E-state index in [4.69, 9.17) is 15.1 Å². The molecule has 0 spiro atoms. The highest BCUT2D eigenvalue weighted by Gasteiger charge is 2.22. The number of rotatable bonds is 0. The van der Waals surface area contributed by atoms with E-state index in [1.165, 1.54) is 0 Å². The molecular weight excluding hydrogens is 238 g/mol. The van der Waals surface area contributed by atoms with Crippen LogP contribution in [0.15, 0.2) is 0 Å². The van der Waals surface area contributed by atoms with Crippen LogP contribution in [0.4, 0.5) is 22.0 Å². The minimum absolute atomic E-state index is 0.816. The molecule has 3 N–H and O–H groups in total. The molecule has 0 radical (unpaired) electrons. The number of benzene rings is 1. The zero-order valence-electron chi connectivity index (χ0n) is 7.81. The van der Waals surface area contributed by atoms with Crippen LogP contribution in [-0.2, 0) is 0 Å². The second-order valence-electron chi connectivity index (χ2n) is 2.54. The maximum Gasteiger partial charge on any atom is 0.631 e. The van der Waals surface area contributed by atoms with Gasteiger partial charge in [0.2, 0.25) is 5.82 Å². The molecule has 9 heteroatoms. The highest BCUT2D eigenvalue weighted by atomic mass is 19.2. The van der Waals surface area contributed by atoms with E-state index >= 15 is 0 Å². The van der Waals surface area contributed by atoms with Gasteiger partial charge < -0.3 is 15.1 Å². The third kappa shape index (κ3) is 3.44. The van der Waals surface area contributed by atoms with Crippen molar-refractivity contribution in [3.05, 3.63) is 34.6 Å². The summed E-state index contributed by atoms with van der Waals surface area (Å²) in [6.07, 6.45) is 0. The van der Waals surface area contributed by atoms with Crippen molar-refractivity contribution in [2.75, 3.05) is 0 Å². The quantitative estimate of drug-likeness (QED) is 0.271. The van der Waals surface area contributed by atoms with Gasteiger partial charge in [-0.1, -0.05) is 0 Å². The summed E-state index contributed by atoms with van der Waals surface area (Å²) in [5.41, 5.74) is -0.869. The molecule has 0 aliphatic carbocycles. The summed E-state index contributed by atoms with van der Waals surface area (Å²) in [6, 6.07) is 0. The molecule has 16 heavy (non-hydrogen) atoms. The van der Waals surface area contributed by atoms with Gasteiger partial charge in [0.15, 0.2) is 23.3 Å². The van der Waals surface area contributed by atoms with Crippen LogP contribution in [0.1, 0.15) is 5.56 Å². The molecule has 0 fully saturated rings. The first-order chi connectivity index (χ1) is 7.20. The second kappa shape index (κ2) is 5.78. The SMILES string of the molecule is Cc1c(F)c(F)c(F)c(F)c1F.OB(O)O. The Morgan fingerprint density at radius 2 is 0.875 bits per heavy atom. The van der Waals surface area contributed by atoms with Gasteiger partial charge in [-0.3, -0.25) is 0 Å². The Labute approximate surface area is 86.9 Å². The van der Waals surface area contributed by atoms with Gasteiger partial charge in [0, 0.05) is 5.56 Å². The van der Waals surface area contributed by atoms with Gasteiger partial charge in [-0.25, -0.2) is 22.0 Å². The third-order valence-electron chi connectivity index (χ3n) is 1.43. The monoisotopic (exact) mass is 244 g/mol. The highest BCUT2D eigenvalue weighted by molar-refractivity contribution is 6.30. The summed E-state index contributed by atoms with van der Waals surface area (Å²) in [5, 5.41) is 21.5. The lowest BCUT2D eigenvalue weighted by Gasteiger charge is -2.02. The minimum atomic E-state index is -2.17. The van der Waals surface area contributed by atoms with Crippen LogP contribution in [0.25, 0.3) is 0 Å². The lowest BCUT2D eigenvalue weighted by atomic mass is 10.2. The Bertz CT molecular complexity index is 277. The normalized spacial score (nSPS) is 9.56. The molecule has 0 bridgehead atoms. The molecule has 0 heterocycles. The molecule has 1 aromatic carbocycles. The van der Waals surface area contributed by atoms with Crippen LogP contribution in [0.5, 0.6) is 0 Å². The molecule has 0 saturated heterocycles. The fourth-order valence-electron chi connectivity index (χ4n) is 0.715. The summed E-state index contributed by atoms with van der Waals surface area (Å²) < 4.78 is 61.6. The minimum Gasteiger partial charge on any atom is -0.402 e. The fourth-order valence-corrected chi connectivity index (χ4v) is 0.715. The van der Waals surface area contributed by atoms with E-state index in [1.807, 2.05) is 0 Å². The molecule has 0 saturated carbocycles. The van der Waals surface area contributed by atoms with Crippen molar-refractivity contribution in [3.63, 3.8) is 0 Å². The van der Waals surface area contributed by atoms with Gasteiger partial charge in [-0.2, -0.15) is 0 Å². The summed E-state index contributed by atoms with van der Waals surface area (Å²) in [7, 11) is -2.17. The van der Waals surface area contributed by atoms with E-state index in [1.54, 1.807) is 0 Å². The maximum atomic E-state index is 12.4. The van der Waals surface area contributed by atoms with Crippen molar-refractivity contribution in [1.29, 1.82) is 0 Å². The number of hydrogen-bond acceptors (Lipinski definition) is 3. The number of hydrogen-bond donors (Lipinski definition) is 3. The molecule has 0 aliphatic rings. The van der Waals surface area contributed by atoms with Crippen LogP contribution in [0.2, 0.25) is 0 Å². The standard InChI is InChI=1S/C7H3F5.BH3O3/c1-2-3(8)5(10)7(12)6(11)4(2)9;2-1(3)4/h1H3;2-4H. The second-order valence-corrected chi connectivity index (χ2v) is 2.54. The maximum absolute atomic E-state index is 12.4. The third-order valence-corrected chi connectivity index (χ3v) is 1.43. The van der Waals surface area contributed by atoms with Crippen LogP contribution in [0, 0.1) is 36.0 Å². The van der Waals surface area contributed by atoms with Gasteiger partial charge >= 0.3 is 7.32 Å². The zero-order chi connectivity index (χ0) is 13.0. The first-order valence-electron chi connectivity index (χ1n) is 3.72. The number of halogens is 5. The first kappa shape index (κ1) is 14.8. The molecule has 1 aromatic rings. The Morgan fingerprint density at radius 1 is 0.688 bits per heavy atom. The van der Waals surface area contributed by atoms with Crippen LogP contribution < -0.4 is 0 Å². The lowest BCUT2D eigenvalue weighted by molar-refractivity contribution is 0.278. The van der Waals surface area contributed by atoms with E-state index < -0.39 is 42.0 Å². The highest BCUT2D eigenvalue weighted by Crippen LogP contribution is 2.21. The van der Waals surface area contributed by atoms with Gasteiger partial charge in [0.05, 0.1) is 0 Å². The molecule has 90 valence electrons. The van der Waals surface area contributed by atoms with E-state index in [2.05, 4.69) is 0 Å². The van der Waals surface area contributed by atoms with Crippen LogP contribution in [-0.4, -0.2) is 22.4 Å². The topological polar surface area (TPSA) is 60.7 Å². The van der Waals surface area contributed by atoms with E-state index in [0.717, 1.165) is 6.92 Å². The van der Waals surface area contributed by atoms with E-state index in [9.17, 15) is 22.0 Å². The molecule has 3 nitrogen and oxygen atoms in total. The lowest BCUT2D eigenvalue weighted by Crippen LogP contribution is -2.07. The first-order valence-corrected chi connectivity index (χ1v) is 3.72. The van der Waals surface area contributed by atoms with Crippen molar-refractivity contribution in [1.82, 2.24) is 0 Å². The molecule has 0 unspecified atom stereocenters. The predicted molar refractivity (Wildman–Crippen MR) is 43.4 cm³/mol. The summed E-state index contributed by atoms with van der Waals surface area (Å²) >= 11 is 0. The zero-order valence-corrected chi connectivity index (χ0v) is 7.81. The fraction of sp³-hybridized carbons (Fsp3) is 0.143. The average Bonchev–Trinajstić information content (AvgIpc) is 2.20. The van der Waals surface area contributed by atoms with Gasteiger partial charge in [0.25, 0.3) is 0 Å². The Kier molecular flexibility index (Phi) is 5.35. The average molecular weight is 244 g/mol. The van der Waals surface area contributed by atoms with Crippen molar-refractivity contribution in [2.45, 2.75) is 6.92 Å². The van der Waals surface area contributed by atoms with Gasteiger partial charge in [-0.05, 0) is 6.92 Å². The smallest absolute Gasteiger partial charge is 0.402 e.